The summed E-state index contributed by atoms with van der Waals surface area (Å²) in [4.78, 5) is 0. The van der Waals surface area contributed by atoms with Gasteiger partial charge in [0.05, 0.1) is 11.6 Å². The lowest BCUT2D eigenvalue weighted by molar-refractivity contribution is 0.475. The Labute approximate surface area is 107 Å². The van der Waals surface area contributed by atoms with Crippen molar-refractivity contribution in [1.29, 1.82) is 10.5 Å². The third kappa shape index (κ3) is 2.84. The number of nitrogens with one attached hydrogen (secondary N) is 2. The third-order valence-electron chi connectivity index (χ3n) is 2.14. The highest BCUT2D eigenvalue weighted by Gasteiger charge is 2.05. The number of aromatic hydroxyl groups is 1. The average Bonchev–Trinajstić information content (AvgIpc) is 2.93. The Hall–Kier alpha value is -3.39. The van der Waals surface area contributed by atoms with Crippen molar-refractivity contribution < 1.29 is 5.11 Å². The zero-order chi connectivity index (χ0) is 13.7. The van der Waals surface area contributed by atoms with Gasteiger partial charge in [0.1, 0.15) is 17.4 Å². The van der Waals surface area contributed by atoms with Crippen molar-refractivity contribution in [3.8, 4) is 17.9 Å². The number of allylic oxidation sites excluding steroid dienone is 1. The average molecular weight is 253 g/mol. The van der Waals surface area contributed by atoms with Gasteiger partial charge in [-0.2, -0.15) is 15.7 Å². The monoisotopic (exact) mass is 253 g/mol. The number of anilines is 1. The molecule has 0 saturated heterocycles. The van der Waals surface area contributed by atoms with Gasteiger partial charge in [-0.1, -0.05) is 0 Å². The molecule has 0 fully saturated rings. The summed E-state index contributed by atoms with van der Waals surface area (Å²) in [7, 11) is 0. The second-order valence-corrected chi connectivity index (χ2v) is 3.43. The third-order valence-corrected chi connectivity index (χ3v) is 2.14. The molecule has 1 heterocycles. The molecule has 0 saturated carbocycles. The summed E-state index contributed by atoms with van der Waals surface area (Å²) in [6, 6.07) is 8.10. The maximum Gasteiger partial charge on any atom is 0.216 e. The first kappa shape index (κ1) is 12.1. The first-order chi connectivity index (χ1) is 9.22. The largest absolute Gasteiger partial charge is 0.508 e. The smallest absolute Gasteiger partial charge is 0.216 e. The Morgan fingerprint density at radius 1 is 1.37 bits per heavy atom. The van der Waals surface area contributed by atoms with Gasteiger partial charge in [-0.3, -0.25) is 0 Å². The van der Waals surface area contributed by atoms with Gasteiger partial charge in [0.15, 0.2) is 0 Å². The molecule has 1 aromatic heterocycles. The zero-order valence-corrected chi connectivity index (χ0v) is 9.49. The van der Waals surface area contributed by atoms with E-state index in [2.05, 4.69) is 25.9 Å². The van der Waals surface area contributed by atoms with Crippen LogP contribution in [0.25, 0.3) is 5.57 Å². The Kier molecular flexibility index (Phi) is 3.36. The molecule has 92 valence electrons. The van der Waals surface area contributed by atoms with Crippen LogP contribution in [0.3, 0.4) is 0 Å². The quantitative estimate of drug-likeness (QED) is 0.687. The molecule has 0 spiro atoms. The Morgan fingerprint density at radius 3 is 2.84 bits per heavy atom. The lowest BCUT2D eigenvalue weighted by Crippen LogP contribution is -1.93. The minimum atomic E-state index is -0.0481. The van der Waals surface area contributed by atoms with E-state index in [9.17, 15) is 5.11 Å². The van der Waals surface area contributed by atoms with Crippen LogP contribution in [0.1, 0.15) is 11.4 Å². The number of H-pyrrole nitrogens is 1. The fourth-order valence-corrected chi connectivity index (χ4v) is 1.34. The number of rotatable bonds is 3. The van der Waals surface area contributed by atoms with Crippen molar-refractivity contribution in [3.63, 3.8) is 0 Å². The number of tetrazole rings is 1. The van der Waals surface area contributed by atoms with Crippen molar-refractivity contribution in [2.75, 3.05) is 5.32 Å². The van der Waals surface area contributed by atoms with E-state index in [4.69, 9.17) is 10.5 Å². The first-order valence-corrected chi connectivity index (χ1v) is 5.07. The summed E-state index contributed by atoms with van der Waals surface area (Å²) < 4.78 is 0. The van der Waals surface area contributed by atoms with Crippen molar-refractivity contribution in [3.05, 3.63) is 35.8 Å². The van der Waals surface area contributed by atoms with Crippen molar-refractivity contribution in [1.82, 2.24) is 20.6 Å². The predicted octanol–water partition coefficient (Wildman–Crippen LogP) is 0.754. The van der Waals surface area contributed by atoms with Gasteiger partial charge in [0.25, 0.3) is 0 Å². The predicted molar refractivity (Wildman–Crippen MR) is 64.2 cm³/mol. The van der Waals surface area contributed by atoms with Gasteiger partial charge in [0, 0.05) is 18.0 Å². The van der Waals surface area contributed by atoms with E-state index >= 15 is 0 Å². The van der Waals surface area contributed by atoms with Gasteiger partial charge < -0.3 is 10.4 Å². The number of aromatic nitrogens is 4. The van der Waals surface area contributed by atoms with E-state index in [1.165, 1.54) is 24.4 Å². The summed E-state index contributed by atoms with van der Waals surface area (Å²) in [5, 5.41) is 42.8. The highest BCUT2D eigenvalue weighted by molar-refractivity contribution is 5.74. The lowest BCUT2D eigenvalue weighted by atomic mass is 10.2. The molecule has 3 N–H and O–H groups in total. The molecule has 0 aliphatic heterocycles. The molecular weight excluding hydrogens is 246 g/mol. The summed E-state index contributed by atoms with van der Waals surface area (Å²) >= 11 is 0. The van der Waals surface area contributed by atoms with Gasteiger partial charge in [0.2, 0.25) is 5.82 Å². The Morgan fingerprint density at radius 2 is 2.21 bits per heavy atom. The van der Waals surface area contributed by atoms with E-state index in [1.54, 1.807) is 0 Å². The molecule has 8 heteroatoms. The van der Waals surface area contributed by atoms with Gasteiger partial charge in [-0.05, 0) is 17.3 Å². The zero-order valence-electron chi connectivity index (χ0n) is 9.49. The number of phenols is 1. The molecule has 2 rings (SSSR count). The number of benzene rings is 1. The second kappa shape index (κ2) is 5.29. The van der Waals surface area contributed by atoms with Gasteiger partial charge in [-0.15, -0.1) is 10.2 Å². The summed E-state index contributed by atoms with van der Waals surface area (Å²) in [5.74, 6) is 0.101. The van der Waals surface area contributed by atoms with Crippen molar-refractivity contribution >= 4 is 11.3 Å². The Bertz CT molecular complexity index is 691. The van der Waals surface area contributed by atoms with Crippen LogP contribution < -0.4 is 5.32 Å². The molecule has 0 amide bonds. The number of nitriles is 2. The molecule has 8 nitrogen and oxygen atoms in total. The molecule has 0 aliphatic rings. The molecule has 1 aromatic carbocycles. The summed E-state index contributed by atoms with van der Waals surface area (Å²) in [5.41, 5.74) is 0.928. The van der Waals surface area contributed by atoms with Crippen LogP contribution in [-0.2, 0) is 0 Å². The van der Waals surface area contributed by atoms with Gasteiger partial charge >= 0.3 is 0 Å². The molecule has 19 heavy (non-hydrogen) atoms. The van der Waals surface area contributed by atoms with Crippen LogP contribution in [0.4, 0.5) is 5.69 Å². The molecule has 2 aromatic rings. The highest BCUT2D eigenvalue weighted by atomic mass is 16.3. The SMILES string of the molecule is N#CC(=CNc1cc(O)cc(C#N)c1)c1nn[nH]n1. The lowest BCUT2D eigenvalue weighted by Gasteiger charge is -2.02. The summed E-state index contributed by atoms with van der Waals surface area (Å²) in [6.07, 6.45) is 1.36. The van der Waals surface area contributed by atoms with Crippen LogP contribution >= 0.6 is 0 Å². The first-order valence-electron chi connectivity index (χ1n) is 5.07. The molecule has 0 aliphatic carbocycles. The topological polar surface area (TPSA) is 134 Å². The molecule has 0 unspecified atom stereocenters. The van der Waals surface area contributed by atoms with Crippen LogP contribution in [0.2, 0.25) is 0 Å². The minimum absolute atomic E-state index is 0.0481. The number of hydrogen-bond acceptors (Lipinski definition) is 7. The van der Waals surface area contributed by atoms with Crippen molar-refractivity contribution in [2.24, 2.45) is 0 Å². The number of phenolic OH excluding ortho intramolecular Hbond substituents is 1. The van der Waals surface area contributed by atoms with E-state index in [0.29, 0.717) is 11.3 Å². The van der Waals surface area contributed by atoms with E-state index in [0.717, 1.165) is 0 Å². The molecular formula is C11H7N7O. The number of aromatic amines is 1. The van der Waals surface area contributed by atoms with Crippen LogP contribution in [0.5, 0.6) is 5.75 Å². The standard InChI is InChI=1S/C11H7N7O/c12-4-7-1-9(3-10(19)2-7)14-6-8(5-13)11-15-17-18-16-11/h1-3,6,14,19H,(H,15,16,17,18). The van der Waals surface area contributed by atoms with E-state index in [-0.39, 0.29) is 17.1 Å². The maximum absolute atomic E-state index is 9.41. The fourth-order valence-electron chi connectivity index (χ4n) is 1.34. The number of hydrogen-bond donors (Lipinski definition) is 3. The highest BCUT2D eigenvalue weighted by Crippen LogP contribution is 2.20. The molecule has 0 bridgehead atoms. The fraction of sp³-hybridized carbons (Fsp3) is 0. The normalized spacial score (nSPS) is 10.5. The van der Waals surface area contributed by atoms with Gasteiger partial charge in [-0.25, -0.2) is 0 Å². The molecule has 0 atom stereocenters. The number of nitrogens with zero attached hydrogens (tertiary/aromatic N) is 5. The second-order valence-electron chi connectivity index (χ2n) is 3.43. The minimum Gasteiger partial charge on any atom is -0.508 e. The maximum atomic E-state index is 9.41. The van der Waals surface area contributed by atoms with Crippen LogP contribution in [-0.4, -0.2) is 25.7 Å². The van der Waals surface area contributed by atoms with E-state index < -0.39 is 0 Å². The van der Waals surface area contributed by atoms with Crippen molar-refractivity contribution in [2.45, 2.75) is 0 Å². The van der Waals surface area contributed by atoms with E-state index in [1.807, 2.05) is 12.1 Å². The van der Waals surface area contributed by atoms with Crippen LogP contribution in [0, 0.1) is 22.7 Å². The molecule has 0 radical (unpaired) electrons. The Balaban J connectivity index is 2.25. The van der Waals surface area contributed by atoms with Crippen LogP contribution in [0.15, 0.2) is 24.4 Å². The summed E-state index contributed by atoms with van der Waals surface area (Å²) in [6.45, 7) is 0.